The summed E-state index contributed by atoms with van der Waals surface area (Å²) in [6, 6.07) is 13.0. The van der Waals surface area contributed by atoms with Crippen molar-refractivity contribution >= 4 is 10.9 Å². The van der Waals surface area contributed by atoms with E-state index in [9.17, 15) is 0 Å². The standard InChI is InChI=1S/C18H26N/c1-15(14-18(2,3)4)11-13-19-12-7-9-16-8-5-6-10-17(16)19/h5-10,12,15H,11,13-14H2,1-4H3/q+1. The predicted octanol–water partition coefficient (Wildman–Crippen LogP) is 4.59. The number of pyridine rings is 1. The first kappa shape index (κ1) is 14.0. The van der Waals surface area contributed by atoms with E-state index in [0.29, 0.717) is 5.41 Å². The van der Waals surface area contributed by atoms with Crippen molar-refractivity contribution in [1.82, 2.24) is 0 Å². The number of rotatable bonds is 4. The molecule has 0 saturated heterocycles. The van der Waals surface area contributed by atoms with Crippen LogP contribution < -0.4 is 4.57 Å². The topological polar surface area (TPSA) is 3.88 Å². The maximum absolute atomic E-state index is 2.38. The first-order chi connectivity index (χ1) is 8.96. The van der Waals surface area contributed by atoms with Crippen molar-refractivity contribution in [2.45, 2.75) is 47.1 Å². The van der Waals surface area contributed by atoms with E-state index >= 15 is 0 Å². The predicted molar refractivity (Wildman–Crippen MR) is 82.0 cm³/mol. The smallest absolute Gasteiger partial charge is 0.198 e. The molecular formula is C18H26N+. The fourth-order valence-electron chi connectivity index (χ4n) is 2.92. The number of hydrogen-bond donors (Lipinski definition) is 0. The number of para-hydroxylation sites is 1. The van der Waals surface area contributed by atoms with Crippen molar-refractivity contribution in [2.75, 3.05) is 0 Å². The monoisotopic (exact) mass is 256 g/mol. The lowest BCUT2D eigenvalue weighted by atomic mass is 9.84. The van der Waals surface area contributed by atoms with Crippen LogP contribution in [0.2, 0.25) is 0 Å². The minimum atomic E-state index is 0.433. The molecule has 19 heavy (non-hydrogen) atoms. The average Bonchev–Trinajstić information content (AvgIpc) is 2.34. The van der Waals surface area contributed by atoms with E-state index in [2.05, 4.69) is 74.9 Å². The van der Waals surface area contributed by atoms with Crippen LogP contribution >= 0.6 is 0 Å². The van der Waals surface area contributed by atoms with Crippen LogP contribution in [0.1, 0.15) is 40.5 Å². The summed E-state index contributed by atoms with van der Waals surface area (Å²) in [6.45, 7) is 10.5. The fourth-order valence-corrected chi connectivity index (χ4v) is 2.92. The van der Waals surface area contributed by atoms with Gasteiger partial charge in [-0.1, -0.05) is 39.8 Å². The molecule has 1 unspecified atom stereocenters. The molecule has 1 atom stereocenters. The van der Waals surface area contributed by atoms with Gasteiger partial charge in [-0.25, -0.2) is 0 Å². The lowest BCUT2D eigenvalue weighted by Gasteiger charge is -2.22. The highest BCUT2D eigenvalue weighted by Gasteiger charge is 2.17. The molecule has 102 valence electrons. The number of benzene rings is 1. The van der Waals surface area contributed by atoms with Crippen LogP contribution in [0.3, 0.4) is 0 Å². The molecule has 0 spiro atoms. The SMILES string of the molecule is CC(CC[n+]1cccc2ccccc21)CC(C)(C)C. The lowest BCUT2D eigenvalue weighted by Crippen LogP contribution is -2.35. The van der Waals surface area contributed by atoms with Crippen LogP contribution in [-0.4, -0.2) is 0 Å². The number of fused-ring (bicyclic) bond motifs is 1. The minimum absolute atomic E-state index is 0.433. The van der Waals surface area contributed by atoms with Gasteiger partial charge in [0.2, 0.25) is 5.52 Å². The number of nitrogens with zero attached hydrogens (tertiary/aromatic N) is 1. The quantitative estimate of drug-likeness (QED) is 0.704. The summed E-state index contributed by atoms with van der Waals surface area (Å²) in [5, 5.41) is 1.33. The van der Waals surface area contributed by atoms with Gasteiger partial charge in [0.25, 0.3) is 0 Å². The molecule has 2 rings (SSSR count). The molecule has 0 saturated carbocycles. The largest absolute Gasteiger partial charge is 0.212 e. The molecule has 1 nitrogen and oxygen atoms in total. The van der Waals surface area contributed by atoms with Gasteiger partial charge >= 0.3 is 0 Å². The summed E-state index contributed by atoms with van der Waals surface area (Å²) in [5.74, 6) is 0.770. The first-order valence-corrected chi connectivity index (χ1v) is 7.33. The van der Waals surface area contributed by atoms with E-state index in [-0.39, 0.29) is 0 Å². The molecule has 1 aromatic heterocycles. The summed E-state index contributed by atoms with van der Waals surface area (Å²) in [5.41, 5.74) is 1.77. The van der Waals surface area contributed by atoms with E-state index in [1.54, 1.807) is 0 Å². The summed E-state index contributed by atoms with van der Waals surface area (Å²) in [6.07, 6.45) is 4.74. The third-order valence-corrected chi connectivity index (χ3v) is 3.61. The van der Waals surface area contributed by atoms with Crippen molar-refractivity contribution < 1.29 is 4.57 Å². The Morgan fingerprint density at radius 3 is 2.47 bits per heavy atom. The third-order valence-electron chi connectivity index (χ3n) is 3.61. The first-order valence-electron chi connectivity index (χ1n) is 7.33. The molecule has 2 aromatic rings. The number of aryl methyl sites for hydroxylation is 1. The summed E-state index contributed by atoms with van der Waals surface area (Å²) in [7, 11) is 0. The Hall–Kier alpha value is -1.37. The second kappa shape index (κ2) is 5.73. The highest BCUT2D eigenvalue weighted by Crippen LogP contribution is 2.25. The van der Waals surface area contributed by atoms with E-state index in [0.717, 1.165) is 12.5 Å². The Labute approximate surface area is 117 Å². The number of aromatic nitrogens is 1. The van der Waals surface area contributed by atoms with Gasteiger partial charge < -0.3 is 0 Å². The Kier molecular flexibility index (Phi) is 4.24. The van der Waals surface area contributed by atoms with Crippen LogP contribution in [0.5, 0.6) is 0 Å². The number of hydrogen-bond acceptors (Lipinski definition) is 0. The zero-order chi connectivity index (χ0) is 13.9. The van der Waals surface area contributed by atoms with Crippen molar-refractivity contribution in [3.05, 3.63) is 42.6 Å². The van der Waals surface area contributed by atoms with Crippen LogP contribution in [0.25, 0.3) is 10.9 Å². The summed E-state index contributed by atoms with van der Waals surface area (Å²) >= 11 is 0. The van der Waals surface area contributed by atoms with E-state index < -0.39 is 0 Å². The van der Waals surface area contributed by atoms with Gasteiger partial charge in [0.05, 0.1) is 0 Å². The Balaban J connectivity index is 2.06. The average molecular weight is 256 g/mol. The van der Waals surface area contributed by atoms with Crippen molar-refractivity contribution in [3.8, 4) is 0 Å². The molecule has 0 amide bonds. The molecule has 0 aliphatic carbocycles. The lowest BCUT2D eigenvalue weighted by molar-refractivity contribution is -0.672. The third kappa shape index (κ3) is 4.05. The van der Waals surface area contributed by atoms with Gasteiger partial charge in [-0.2, -0.15) is 4.57 Å². The zero-order valence-corrected chi connectivity index (χ0v) is 12.7. The van der Waals surface area contributed by atoms with E-state index in [1.165, 1.54) is 23.7 Å². The van der Waals surface area contributed by atoms with Gasteiger partial charge in [0.15, 0.2) is 6.20 Å². The highest BCUT2D eigenvalue weighted by molar-refractivity contribution is 5.74. The molecule has 0 aliphatic rings. The second-order valence-corrected chi connectivity index (χ2v) is 6.92. The van der Waals surface area contributed by atoms with Crippen LogP contribution in [0.15, 0.2) is 42.6 Å². The molecular weight excluding hydrogens is 230 g/mol. The molecule has 0 fully saturated rings. The molecule has 1 aromatic carbocycles. The summed E-state index contributed by atoms with van der Waals surface area (Å²) in [4.78, 5) is 0. The van der Waals surface area contributed by atoms with E-state index in [1.807, 2.05) is 0 Å². The molecule has 0 radical (unpaired) electrons. The van der Waals surface area contributed by atoms with Crippen molar-refractivity contribution in [2.24, 2.45) is 11.3 Å². The van der Waals surface area contributed by atoms with Crippen molar-refractivity contribution in [3.63, 3.8) is 0 Å². The molecule has 1 heterocycles. The molecule has 1 heteroatoms. The van der Waals surface area contributed by atoms with Crippen LogP contribution in [-0.2, 0) is 6.54 Å². The van der Waals surface area contributed by atoms with Gasteiger partial charge in [0.1, 0.15) is 6.54 Å². The zero-order valence-electron chi connectivity index (χ0n) is 12.7. The fraction of sp³-hybridized carbons (Fsp3) is 0.500. The van der Waals surface area contributed by atoms with Gasteiger partial charge in [-0.15, -0.1) is 0 Å². The van der Waals surface area contributed by atoms with Gasteiger partial charge in [-0.05, 0) is 29.9 Å². The Morgan fingerprint density at radius 1 is 1.05 bits per heavy atom. The molecule has 0 N–H and O–H groups in total. The Morgan fingerprint density at radius 2 is 1.74 bits per heavy atom. The van der Waals surface area contributed by atoms with Crippen LogP contribution in [0.4, 0.5) is 0 Å². The maximum atomic E-state index is 2.38. The molecule has 0 bridgehead atoms. The Bertz CT molecular complexity index is 531. The maximum Gasteiger partial charge on any atom is 0.212 e. The van der Waals surface area contributed by atoms with Gasteiger partial charge in [0, 0.05) is 23.9 Å². The van der Waals surface area contributed by atoms with Gasteiger partial charge in [-0.3, -0.25) is 0 Å². The summed E-state index contributed by atoms with van der Waals surface area (Å²) < 4.78 is 2.38. The minimum Gasteiger partial charge on any atom is -0.198 e. The normalized spacial score (nSPS) is 13.7. The molecule has 0 aliphatic heterocycles. The second-order valence-electron chi connectivity index (χ2n) is 6.92. The highest BCUT2D eigenvalue weighted by atomic mass is 14.9. The van der Waals surface area contributed by atoms with E-state index in [4.69, 9.17) is 0 Å². The van der Waals surface area contributed by atoms with Crippen LogP contribution in [0, 0.1) is 11.3 Å². The van der Waals surface area contributed by atoms with Crippen molar-refractivity contribution in [1.29, 1.82) is 0 Å².